The predicted molar refractivity (Wildman–Crippen MR) is 140 cm³/mol. The lowest BCUT2D eigenvalue weighted by Gasteiger charge is -2.14. The second kappa shape index (κ2) is 7.46. The minimum Gasteiger partial charge on any atom is -0.456 e. The number of nitrogens with zero attached hydrogens (tertiary/aromatic N) is 1. The summed E-state index contributed by atoms with van der Waals surface area (Å²) < 4.78 is 6.11. The maximum absolute atomic E-state index is 6.11. The first-order valence-electron chi connectivity index (χ1n) is 11.4. The van der Waals surface area contributed by atoms with E-state index in [2.05, 4.69) is 89.9 Å². The molecule has 0 unspecified atom stereocenters. The second-order valence-corrected chi connectivity index (χ2v) is 8.50. The minimum absolute atomic E-state index is 0.886. The molecule has 3 nitrogen and oxygen atoms in total. The van der Waals surface area contributed by atoms with Crippen LogP contribution in [-0.2, 0) is 0 Å². The molecule has 3 heterocycles. The number of fused-ring (bicyclic) bond motifs is 5. The van der Waals surface area contributed by atoms with Crippen LogP contribution in [0.2, 0.25) is 0 Å². The molecule has 0 saturated heterocycles. The Bertz CT molecular complexity index is 1790. The van der Waals surface area contributed by atoms with Crippen LogP contribution in [0.15, 0.2) is 120 Å². The molecular formula is C31H20N2O. The van der Waals surface area contributed by atoms with E-state index >= 15 is 0 Å². The first kappa shape index (κ1) is 18.9. The molecule has 0 fully saturated rings. The van der Waals surface area contributed by atoms with Gasteiger partial charge in [-0.25, -0.2) is 0 Å². The van der Waals surface area contributed by atoms with Gasteiger partial charge in [-0.2, -0.15) is 0 Å². The van der Waals surface area contributed by atoms with Crippen LogP contribution in [0.4, 0.5) is 0 Å². The Balaban J connectivity index is 1.53. The molecule has 0 aliphatic heterocycles. The van der Waals surface area contributed by atoms with Gasteiger partial charge in [0.1, 0.15) is 11.2 Å². The number of aromatic amines is 1. The first-order valence-corrected chi connectivity index (χ1v) is 11.4. The van der Waals surface area contributed by atoms with Crippen LogP contribution in [0, 0.1) is 0 Å². The first-order chi connectivity index (χ1) is 16.9. The molecule has 7 rings (SSSR count). The second-order valence-electron chi connectivity index (χ2n) is 8.50. The highest BCUT2D eigenvalue weighted by molar-refractivity contribution is 6.18. The Labute approximate surface area is 196 Å². The SMILES string of the molecule is c1ccc(-c2ccnc(-c3cc4ccc5oc6ccccc6c5c4[nH]3)c2-c2ccccc2)cc1. The lowest BCUT2D eigenvalue weighted by atomic mass is 9.93. The Morgan fingerprint density at radius 1 is 0.647 bits per heavy atom. The van der Waals surface area contributed by atoms with Crippen molar-refractivity contribution in [2.75, 3.05) is 0 Å². The summed E-state index contributed by atoms with van der Waals surface area (Å²) in [5.41, 5.74) is 9.37. The summed E-state index contributed by atoms with van der Waals surface area (Å²) in [7, 11) is 0. The summed E-state index contributed by atoms with van der Waals surface area (Å²) in [5.74, 6) is 0. The molecule has 0 bridgehead atoms. The number of nitrogens with one attached hydrogen (secondary N) is 1. The molecule has 0 radical (unpaired) electrons. The molecule has 0 aliphatic carbocycles. The van der Waals surface area contributed by atoms with Crippen LogP contribution in [-0.4, -0.2) is 9.97 Å². The topological polar surface area (TPSA) is 41.8 Å². The van der Waals surface area contributed by atoms with Crippen molar-refractivity contribution in [2.24, 2.45) is 0 Å². The third kappa shape index (κ3) is 2.87. The van der Waals surface area contributed by atoms with E-state index in [9.17, 15) is 0 Å². The molecule has 0 amide bonds. The van der Waals surface area contributed by atoms with Crippen molar-refractivity contribution < 1.29 is 4.42 Å². The number of rotatable bonds is 3. The van der Waals surface area contributed by atoms with Gasteiger partial charge in [0.05, 0.1) is 22.3 Å². The van der Waals surface area contributed by atoms with Gasteiger partial charge < -0.3 is 9.40 Å². The van der Waals surface area contributed by atoms with Gasteiger partial charge in [-0.3, -0.25) is 4.98 Å². The quantitative estimate of drug-likeness (QED) is 0.302. The van der Waals surface area contributed by atoms with Gasteiger partial charge in [0.2, 0.25) is 0 Å². The zero-order valence-corrected chi connectivity index (χ0v) is 18.3. The number of pyridine rings is 1. The summed E-state index contributed by atoms with van der Waals surface area (Å²) in [6.07, 6.45) is 1.90. The van der Waals surface area contributed by atoms with E-state index in [4.69, 9.17) is 9.40 Å². The van der Waals surface area contributed by atoms with E-state index in [0.717, 1.165) is 60.9 Å². The molecule has 34 heavy (non-hydrogen) atoms. The molecule has 0 aliphatic rings. The number of H-pyrrole nitrogens is 1. The van der Waals surface area contributed by atoms with Crippen LogP contribution < -0.4 is 0 Å². The average molecular weight is 437 g/mol. The number of benzene rings is 4. The Morgan fingerprint density at radius 3 is 2.21 bits per heavy atom. The van der Waals surface area contributed by atoms with Crippen molar-refractivity contribution in [2.45, 2.75) is 0 Å². The van der Waals surface area contributed by atoms with Crippen molar-refractivity contribution in [3.63, 3.8) is 0 Å². The predicted octanol–water partition coefficient (Wildman–Crippen LogP) is 8.46. The van der Waals surface area contributed by atoms with Crippen molar-refractivity contribution in [3.05, 3.63) is 115 Å². The molecule has 0 saturated carbocycles. The highest BCUT2D eigenvalue weighted by Gasteiger charge is 2.18. The fourth-order valence-corrected chi connectivity index (χ4v) is 4.96. The molecule has 7 aromatic rings. The standard InChI is InChI=1S/C31H20N2O/c1-3-9-20(10-4-1)23-17-18-32-31(28(23)21-11-5-2-6-12-21)25-19-22-15-16-27-29(30(22)33-25)24-13-7-8-14-26(24)34-27/h1-19,33H. The number of para-hydroxylation sites is 1. The molecule has 3 aromatic heterocycles. The zero-order valence-electron chi connectivity index (χ0n) is 18.3. The third-order valence-electron chi connectivity index (χ3n) is 6.49. The van der Waals surface area contributed by atoms with Gasteiger partial charge in [0, 0.05) is 22.5 Å². The maximum Gasteiger partial charge on any atom is 0.137 e. The molecule has 160 valence electrons. The average Bonchev–Trinajstić information content (AvgIpc) is 3.50. The molecule has 4 aromatic carbocycles. The van der Waals surface area contributed by atoms with Crippen LogP contribution in [0.25, 0.3) is 66.5 Å². The number of hydrogen-bond acceptors (Lipinski definition) is 2. The number of hydrogen-bond donors (Lipinski definition) is 1. The summed E-state index contributed by atoms with van der Waals surface area (Å²) >= 11 is 0. The van der Waals surface area contributed by atoms with Crippen molar-refractivity contribution in [3.8, 4) is 33.6 Å². The molecule has 0 spiro atoms. The van der Waals surface area contributed by atoms with Crippen LogP contribution >= 0.6 is 0 Å². The van der Waals surface area contributed by atoms with E-state index < -0.39 is 0 Å². The lowest BCUT2D eigenvalue weighted by Crippen LogP contribution is -1.93. The fraction of sp³-hybridized carbons (Fsp3) is 0. The summed E-state index contributed by atoms with van der Waals surface area (Å²) in [5, 5.41) is 3.37. The largest absolute Gasteiger partial charge is 0.456 e. The van der Waals surface area contributed by atoms with Crippen molar-refractivity contribution >= 4 is 32.8 Å². The highest BCUT2D eigenvalue weighted by Crippen LogP contribution is 2.41. The molecular weight excluding hydrogens is 416 g/mol. The molecule has 3 heteroatoms. The van der Waals surface area contributed by atoms with Gasteiger partial charge in [-0.15, -0.1) is 0 Å². The highest BCUT2D eigenvalue weighted by atomic mass is 16.3. The van der Waals surface area contributed by atoms with Crippen LogP contribution in [0.1, 0.15) is 0 Å². The van der Waals surface area contributed by atoms with Gasteiger partial charge in [0.15, 0.2) is 0 Å². The van der Waals surface area contributed by atoms with Gasteiger partial charge in [-0.05, 0) is 47.0 Å². The van der Waals surface area contributed by atoms with E-state index in [1.807, 2.05) is 30.5 Å². The molecule has 0 atom stereocenters. The van der Waals surface area contributed by atoms with E-state index in [0.29, 0.717) is 0 Å². The van der Waals surface area contributed by atoms with Crippen LogP contribution in [0.5, 0.6) is 0 Å². The van der Waals surface area contributed by atoms with Gasteiger partial charge in [-0.1, -0.05) is 78.9 Å². The number of aromatic nitrogens is 2. The Kier molecular flexibility index (Phi) is 4.15. The van der Waals surface area contributed by atoms with E-state index in [-0.39, 0.29) is 0 Å². The smallest absolute Gasteiger partial charge is 0.137 e. The minimum atomic E-state index is 0.886. The van der Waals surface area contributed by atoms with E-state index in [1.54, 1.807) is 0 Å². The Morgan fingerprint density at radius 2 is 1.38 bits per heavy atom. The number of furan rings is 1. The van der Waals surface area contributed by atoms with E-state index in [1.165, 1.54) is 5.56 Å². The van der Waals surface area contributed by atoms with Crippen LogP contribution in [0.3, 0.4) is 0 Å². The van der Waals surface area contributed by atoms with Gasteiger partial charge >= 0.3 is 0 Å². The summed E-state index contributed by atoms with van der Waals surface area (Å²) in [6.45, 7) is 0. The maximum atomic E-state index is 6.11. The monoisotopic (exact) mass is 436 g/mol. The fourth-order valence-electron chi connectivity index (χ4n) is 4.96. The molecule has 1 N–H and O–H groups in total. The van der Waals surface area contributed by atoms with Gasteiger partial charge in [0.25, 0.3) is 0 Å². The summed E-state index contributed by atoms with van der Waals surface area (Å²) in [4.78, 5) is 8.58. The summed E-state index contributed by atoms with van der Waals surface area (Å²) in [6, 6.07) is 37.7. The Hall–Kier alpha value is -4.63. The lowest BCUT2D eigenvalue weighted by molar-refractivity contribution is 0.669. The van der Waals surface area contributed by atoms with Crippen molar-refractivity contribution in [1.29, 1.82) is 0 Å². The normalized spacial score (nSPS) is 11.5. The zero-order chi connectivity index (χ0) is 22.5. The third-order valence-corrected chi connectivity index (χ3v) is 6.49. The van der Waals surface area contributed by atoms with Crippen molar-refractivity contribution in [1.82, 2.24) is 9.97 Å².